The number of fused-ring (bicyclic) bond motifs is 1. The molecule has 1 aromatic heterocycles. The third-order valence-electron chi connectivity index (χ3n) is 3.89. The molecule has 0 saturated heterocycles. The number of nitrogens with two attached hydrogens (primary N) is 1. The third-order valence-corrected chi connectivity index (χ3v) is 3.89. The molecule has 0 aliphatic heterocycles. The molecule has 0 bridgehead atoms. The summed E-state index contributed by atoms with van der Waals surface area (Å²) in [5, 5.41) is 0. The summed E-state index contributed by atoms with van der Waals surface area (Å²) >= 11 is 0. The number of nitrogen functional groups attached to an aromatic ring is 1. The maximum absolute atomic E-state index is 6.02. The zero-order valence-electron chi connectivity index (χ0n) is 12.6. The fraction of sp³-hybridized carbons (Fsp3) is 0.278. The van der Waals surface area contributed by atoms with Gasteiger partial charge in [0.2, 0.25) is 0 Å². The van der Waals surface area contributed by atoms with Gasteiger partial charge in [-0.1, -0.05) is 31.2 Å². The molecule has 0 amide bonds. The molecule has 0 aliphatic carbocycles. The van der Waals surface area contributed by atoms with E-state index in [1.165, 1.54) is 11.1 Å². The molecule has 0 aliphatic rings. The number of aromatic nitrogens is 2. The molecule has 2 aromatic carbocycles. The molecular weight excluding hydrogens is 258 g/mol. The molecule has 21 heavy (non-hydrogen) atoms. The number of nitrogens with zero attached hydrogens (tertiary/aromatic N) is 2. The number of hydrogen-bond acceptors (Lipinski definition) is 2. The van der Waals surface area contributed by atoms with Crippen LogP contribution in [0, 0.1) is 6.92 Å². The molecule has 3 rings (SSSR count). The fourth-order valence-corrected chi connectivity index (χ4v) is 2.72. The molecule has 3 heteroatoms. The van der Waals surface area contributed by atoms with Gasteiger partial charge in [-0.2, -0.15) is 0 Å². The van der Waals surface area contributed by atoms with Gasteiger partial charge in [-0.15, -0.1) is 0 Å². The van der Waals surface area contributed by atoms with Crippen molar-refractivity contribution in [3.63, 3.8) is 0 Å². The molecule has 1 heterocycles. The Kier molecular flexibility index (Phi) is 3.65. The first kappa shape index (κ1) is 13.7. The minimum absolute atomic E-state index is 0.819. The molecule has 2 N–H and O–H groups in total. The first-order chi connectivity index (χ1) is 10.2. The van der Waals surface area contributed by atoms with E-state index in [0.29, 0.717) is 0 Å². The van der Waals surface area contributed by atoms with E-state index in [9.17, 15) is 0 Å². The average Bonchev–Trinajstić information content (AvgIpc) is 2.81. The molecule has 0 radical (unpaired) electrons. The Bertz CT molecular complexity index is 771. The second-order valence-electron chi connectivity index (χ2n) is 5.54. The Balaban J connectivity index is 2.02. The lowest BCUT2D eigenvalue weighted by atomic mass is 10.1. The zero-order chi connectivity index (χ0) is 14.8. The van der Waals surface area contributed by atoms with Gasteiger partial charge in [0.05, 0.1) is 11.0 Å². The molecular formula is C18H21N3. The molecule has 0 atom stereocenters. The smallest absolute Gasteiger partial charge is 0.114 e. The lowest BCUT2D eigenvalue weighted by molar-refractivity contribution is 0.664. The largest absolute Gasteiger partial charge is 0.399 e. The van der Waals surface area contributed by atoms with E-state index in [1.807, 2.05) is 13.0 Å². The van der Waals surface area contributed by atoms with Crippen LogP contribution in [0.3, 0.4) is 0 Å². The summed E-state index contributed by atoms with van der Waals surface area (Å²) in [4.78, 5) is 4.80. The average molecular weight is 279 g/mol. The van der Waals surface area contributed by atoms with E-state index in [-0.39, 0.29) is 0 Å². The van der Waals surface area contributed by atoms with Gasteiger partial charge in [-0.25, -0.2) is 4.98 Å². The maximum atomic E-state index is 6.02. The van der Waals surface area contributed by atoms with E-state index in [0.717, 1.165) is 42.0 Å². The van der Waals surface area contributed by atoms with Gasteiger partial charge in [-0.3, -0.25) is 0 Å². The predicted molar refractivity (Wildman–Crippen MR) is 88.4 cm³/mol. The first-order valence-corrected chi connectivity index (χ1v) is 7.48. The molecule has 0 unspecified atom stereocenters. The molecule has 3 aromatic rings. The van der Waals surface area contributed by atoms with E-state index in [1.54, 1.807) is 0 Å². The third kappa shape index (κ3) is 2.64. The second kappa shape index (κ2) is 5.60. The van der Waals surface area contributed by atoms with Crippen LogP contribution in [0.5, 0.6) is 0 Å². The number of imidazole rings is 1. The fourth-order valence-electron chi connectivity index (χ4n) is 2.72. The van der Waals surface area contributed by atoms with Gasteiger partial charge < -0.3 is 10.3 Å². The summed E-state index contributed by atoms with van der Waals surface area (Å²) < 4.78 is 2.32. The van der Waals surface area contributed by atoms with Crippen molar-refractivity contribution < 1.29 is 0 Å². The number of hydrogen-bond donors (Lipinski definition) is 1. The van der Waals surface area contributed by atoms with Crippen LogP contribution in [0.2, 0.25) is 0 Å². The van der Waals surface area contributed by atoms with Crippen molar-refractivity contribution >= 4 is 16.7 Å². The molecule has 0 fully saturated rings. The van der Waals surface area contributed by atoms with Crippen molar-refractivity contribution in [2.24, 2.45) is 0 Å². The highest BCUT2D eigenvalue weighted by Crippen LogP contribution is 2.21. The number of para-hydroxylation sites is 2. The van der Waals surface area contributed by atoms with Crippen LogP contribution in [0.1, 0.15) is 30.3 Å². The molecule has 3 nitrogen and oxygen atoms in total. The van der Waals surface area contributed by atoms with Crippen LogP contribution in [0.15, 0.2) is 42.5 Å². The molecule has 108 valence electrons. The van der Waals surface area contributed by atoms with Crippen molar-refractivity contribution in [3.05, 3.63) is 59.4 Å². The van der Waals surface area contributed by atoms with E-state index in [2.05, 4.69) is 47.9 Å². The summed E-state index contributed by atoms with van der Waals surface area (Å²) in [6.45, 7) is 5.23. The number of anilines is 1. The van der Waals surface area contributed by atoms with Crippen molar-refractivity contribution in [2.45, 2.75) is 33.2 Å². The maximum Gasteiger partial charge on any atom is 0.114 e. The summed E-state index contributed by atoms with van der Waals surface area (Å²) in [5.74, 6) is 1.11. The highest BCUT2D eigenvalue weighted by Gasteiger charge is 2.10. The topological polar surface area (TPSA) is 43.8 Å². The van der Waals surface area contributed by atoms with Crippen LogP contribution in [-0.4, -0.2) is 9.55 Å². The standard InChI is InChI=1S/C18H21N3/c1-3-10-21-17-7-5-4-6-16(17)20-18(21)12-14-9-8-13(2)15(19)11-14/h4-9,11H,3,10,12,19H2,1-2H3. The lowest BCUT2D eigenvalue weighted by Gasteiger charge is -2.09. The summed E-state index contributed by atoms with van der Waals surface area (Å²) in [7, 11) is 0. The second-order valence-corrected chi connectivity index (χ2v) is 5.54. The van der Waals surface area contributed by atoms with Crippen LogP contribution >= 0.6 is 0 Å². The Morgan fingerprint density at radius 1 is 1.14 bits per heavy atom. The molecule has 0 spiro atoms. The van der Waals surface area contributed by atoms with Gasteiger partial charge in [0.15, 0.2) is 0 Å². The van der Waals surface area contributed by atoms with Crippen LogP contribution in [0.4, 0.5) is 5.69 Å². The predicted octanol–water partition coefficient (Wildman–Crippen LogP) is 3.93. The lowest BCUT2D eigenvalue weighted by Crippen LogP contribution is -2.04. The van der Waals surface area contributed by atoms with Gasteiger partial charge in [0.1, 0.15) is 5.82 Å². The van der Waals surface area contributed by atoms with Gasteiger partial charge in [0, 0.05) is 18.7 Å². The first-order valence-electron chi connectivity index (χ1n) is 7.48. The van der Waals surface area contributed by atoms with Crippen LogP contribution in [-0.2, 0) is 13.0 Å². The minimum atomic E-state index is 0.819. The van der Waals surface area contributed by atoms with E-state index in [4.69, 9.17) is 10.7 Å². The highest BCUT2D eigenvalue weighted by atomic mass is 15.1. The van der Waals surface area contributed by atoms with Crippen LogP contribution in [0.25, 0.3) is 11.0 Å². The van der Waals surface area contributed by atoms with Crippen molar-refractivity contribution in [1.82, 2.24) is 9.55 Å². The van der Waals surface area contributed by atoms with Gasteiger partial charge in [0.25, 0.3) is 0 Å². The minimum Gasteiger partial charge on any atom is -0.399 e. The number of benzene rings is 2. The van der Waals surface area contributed by atoms with E-state index >= 15 is 0 Å². The SMILES string of the molecule is CCCn1c(Cc2ccc(C)c(N)c2)nc2ccccc21. The van der Waals surface area contributed by atoms with E-state index < -0.39 is 0 Å². The normalized spacial score (nSPS) is 11.1. The molecule has 0 saturated carbocycles. The Hall–Kier alpha value is -2.29. The summed E-state index contributed by atoms with van der Waals surface area (Å²) in [6.07, 6.45) is 1.92. The van der Waals surface area contributed by atoms with Crippen LogP contribution < -0.4 is 5.73 Å². The number of aryl methyl sites for hydroxylation is 2. The van der Waals surface area contributed by atoms with Crippen molar-refractivity contribution in [1.29, 1.82) is 0 Å². The summed E-state index contributed by atoms with van der Waals surface area (Å²) in [6, 6.07) is 14.6. The van der Waals surface area contributed by atoms with Gasteiger partial charge in [-0.05, 0) is 42.7 Å². The highest BCUT2D eigenvalue weighted by molar-refractivity contribution is 5.76. The Morgan fingerprint density at radius 3 is 2.71 bits per heavy atom. The number of rotatable bonds is 4. The Morgan fingerprint density at radius 2 is 1.95 bits per heavy atom. The van der Waals surface area contributed by atoms with Crippen molar-refractivity contribution in [3.8, 4) is 0 Å². The Labute approximate surface area is 125 Å². The van der Waals surface area contributed by atoms with Gasteiger partial charge >= 0.3 is 0 Å². The monoisotopic (exact) mass is 279 g/mol. The zero-order valence-corrected chi connectivity index (χ0v) is 12.6. The summed E-state index contributed by atoms with van der Waals surface area (Å²) in [5.41, 5.74) is 11.5. The van der Waals surface area contributed by atoms with Crippen molar-refractivity contribution in [2.75, 3.05) is 5.73 Å². The quantitative estimate of drug-likeness (QED) is 0.735.